The first-order valence-electron chi connectivity index (χ1n) is 6.45. The summed E-state index contributed by atoms with van der Waals surface area (Å²) in [4.78, 5) is 0. The van der Waals surface area contributed by atoms with Crippen LogP contribution in [0.2, 0.25) is 10.0 Å². The summed E-state index contributed by atoms with van der Waals surface area (Å²) in [5.41, 5.74) is 0.936. The fraction of sp³-hybridized carbons (Fsp3) is 0.571. The van der Waals surface area contributed by atoms with E-state index in [-0.39, 0.29) is 6.04 Å². The van der Waals surface area contributed by atoms with Crippen molar-refractivity contribution in [3.05, 3.63) is 33.8 Å². The Morgan fingerprint density at radius 1 is 1.17 bits per heavy atom. The number of ether oxygens (including phenoxy) is 1. The molecule has 1 aromatic carbocycles. The van der Waals surface area contributed by atoms with E-state index < -0.39 is 0 Å². The second kappa shape index (κ2) is 8.76. The van der Waals surface area contributed by atoms with Gasteiger partial charge < -0.3 is 10.1 Å². The highest BCUT2D eigenvalue weighted by Gasteiger charge is 2.17. The average Bonchev–Trinajstić information content (AvgIpc) is 2.35. The van der Waals surface area contributed by atoms with Crippen LogP contribution < -0.4 is 5.32 Å². The average molecular weight is 290 g/mol. The topological polar surface area (TPSA) is 21.3 Å². The summed E-state index contributed by atoms with van der Waals surface area (Å²) in [7, 11) is 0. The van der Waals surface area contributed by atoms with Crippen molar-refractivity contribution in [2.45, 2.75) is 32.7 Å². The summed E-state index contributed by atoms with van der Waals surface area (Å²) in [5, 5.41) is 4.81. The van der Waals surface area contributed by atoms with Crippen molar-refractivity contribution in [3.63, 3.8) is 0 Å². The normalized spacial score (nSPS) is 12.7. The van der Waals surface area contributed by atoms with Crippen molar-refractivity contribution in [1.82, 2.24) is 5.32 Å². The molecule has 0 aliphatic rings. The lowest BCUT2D eigenvalue weighted by molar-refractivity contribution is 0.112. The predicted molar refractivity (Wildman–Crippen MR) is 78.6 cm³/mol. The molecular weight excluding hydrogens is 269 g/mol. The van der Waals surface area contributed by atoms with Crippen LogP contribution in [0.3, 0.4) is 0 Å². The highest BCUT2D eigenvalue weighted by atomic mass is 35.5. The van der Waals surface area contributed by atoms with E-state index in [9.17, 15) is 0 Å². The van der Waals surface area contributed by atoms with Crippen molar-refractivity contribution >= 4 is 23.2 Å². The van der Waals surface area contributed by atoms with Crippen LogP contribution in [0.4, 0.5) is 0 Å². The molecule has 0 spiro atoms. The molecule has 0 aliphatic heterocycles. The minimum absolute atomic E-state index is 0.0534. The van der Waals surface area contributed by atoms with Crippen molar-refractivity contribution in [3.8, 4) is 0 Å². The minimum atomic E-state index is 0.0534. The maximum absolute atomic E-state index is 6.24. The molecule has 1 rings (SSSR count). The van der Waals surface area contributed by atoms with Gasteiger partial charge in [0.05, 0.1) is 12.6 Å². The Labute approximate surface area is 120 Å². The van der Waals surface area contributed by atoms with Crippen LogP contribution in [0.15, 0.2) is 18.2 Å². The van der Waals surface area contributed by atoms with E-state index in [1.165, 1.54) is 0 Å². The lowest BCUT2D eigenvalue weighted by Crippen LogP contribution is -2.27. The molecule has 1 aromatic rings. The molecule has 0 amide bonds. The van der Waals surface area contributed by atoms with Crippen LogP contribution in [0.5, 0.6) is 0 Å². The van der Waals surface area contributed by atoms with E-state index in [1.807, 2.05) is 18.2 Å². The molecule has 0 bridgehead atoms. The quantitative estimate of drug-likeness (QED) is 0.714. The lowest BCUT2D eigenvalue weighted by Gasteiger charge is -2.21. The van der Waals surface area contributed by atoms with Gasteiger partial charge in [-0.3, -0.25) is 0 Å². The largest absolute Gasteiger partial charge is 0.379 e. The van der Waals surface area contributed by atoms with Crippen LogP contribution in [0.25, 0.3) is 0 Å². The minimum Gasteiger partial charge on any atom is -0.379 e. The number of hydrogen-bond donors (Lipinski definition) is 1. The monoisotopic (exact) mass is 289 g/mol. The molecule has 2 nitrogen and oxygen atoms in total. The Kier molecular flexibility index (Phi) is 7.68. The molecule has 0 heterocycles. The van der Waals surface area contributed by atoms with Gasteiger partial charge in [-0.2, -0.15) is 0 Å². The van der Waals surface area contributed by atoms with Gasteiger partial charge >= 0.3 is 0 Å². The highest BCUT2D eigenvalue weighted by Crippen LogP contribution is 2.30. The Morgan fingerprint density at radius 2 is 1.83 bits per heavy atom. The molecule has 18 heavy (non-hydrogen) atoms. The molecule has 1 atom stereocenters. The van der Waals surface area contributed by atoms with Gasteiger partial charge in [0, 0.05) is 22.2 Å². The lowest BCUT2D eigenvalue weighted by atomic mass is 10.1. The molecule has 102 valence electrons. The van der Waals surface area contributed by atoms with Crippen molar-refractivity contribution in [2.24, 2.45) is 0 Å². The van der Waals surface area contributed by atoms with Gasteiger partial charge in [0.2, 0.25) is 0 Å². The first-order chi connectivity index (χ1) is 8.70. The number of rotatable bonds is 8. The van der Waals surface area contributed by atoms with Gasteiger partial charge in [-0.1, -0.05) is 43.1 Å². The van der Waals surface area contributed by atoms with Crippen LogP contribution in [-0.2, 0) is 4.74 Å². The molecule has 1 unspecified atom stereocenters. The van der Waals surface area contributed by atoms with Gasteiger partial charge in [-0.05, 0) is 31.5 Å². The van der Waals surface area contributed by atoms with E-state index in [1.54, 1.807) is 0 Å². The van der Waals surface area contributed by atoms with Gasteiger partial charge in [0.25, 0.3) is 0 Å². The van der Waals surface area contributed by atoms with Crippen LogP contribution in [-0.4, -0.2) is 19.8 Å². The molecule has 0 aromatic heterocycles. The predicted octanol–water partition coefficient (Wildman–Crippen LogP) is 4.46. The molecule has 0 fully saturated rings. The SMILES string of the molecule is CCCNC(COCCC)c1c(Cl)cccc1Cl. The summed E-state index contributed by atoms with van der Waals surface area (Å²) < 4.78 is 5.63. The Morgan fingerprint density at radius 3 is 2.39 bits per heavy atom. The van der Waals surface area contributed by atoms with E-state index in [0.29, 0.717) is 16.7 Å². The zero-order chi connectivity index (χ0) is 13.4. The Bertz CT molecular complexity index is 337. The smallest absolute Gasteiger partial charge is 0.0662 e. The standard InChI is InChI=1S/C14H21Cl2NO/c1-3-8-17-13(10-18-9-4-2)14-11(15)6-5-7-12(14)16/h5-7,13,17H,3-4,8-10H2,1-2H3. The fourth-order valence-electron chi connectivity index (χ4n) is 1.75. The maximum Gasteiger partial charge on any atom is 0.0662 e. The van der Waals surface area contributed by atoms with Gasteiger partial charge in [-0.15, -0.1) is 0 Å². The number of hydrogen-bond acceptors (Lipinski definition) is 2. The second-order valence-corrected chi connectivity index (χ2v) is 5.03. The number of halogens is 2. The molecular formula is C14H21Cl2NO. The van der Waals surface area contributed by atoms with Crippen LogP contribution in [0, 0.1) is 0 Å². The summed E-state index contributed by atoms with van der Waals surface area (Å²) >= 11 is 12.5. The van der Waals surface area contributed by atoms with Crippen molar-refractivity contribution in [2.75, 3.05) is 19.8 Å². The van der Waals surface area contributed by atoms with E-state index in [2.05, 4.69) is 19.2 Å². The Hall–Kier alpha value is -0.280. The fourth-order valence-corrected chi connectivity index (χ4v) is 2.41. The number of benzene rings is 1. The summed E-state index contributed by atoms with van der Waals surface area (Å²) in [6.07, 6.45) is 2.07. The van der Waals surface area contributed by atoms with Crippen LogP contribution in [0.1, 0.15) is 38.3 Å². The highest BCUT2D eigenvalue weighted by molar-refractivity contribution is 6.36. The third-order valence-electron chi connectivity index (χ3n) is 2.62. The molecule has 0 radical (unpaired) electrons. The first-order valence-corrected chi connectivity index (χ1v) is 7.21. The van der Waals surface area contributed by atoms with E-state index in [4.69, 9.17) is 27.9 Å². The molecule has 0 saturated carbocycles. The number of nitrogens with one attached hydrogen (secondary N) is 1. The zero-order valence-electron chi connectivity index (χ0n) is 11.0. The summed E-state index contributed by atoms with van der Waals surface area (Å²) in [5.74, 6) is 0. The van der Waals surface area contributed by atoms with Gasteiger partial charge in [-0.25, -0.2) is 0 Å². The third kappa shape index (κ3) is 4.77. The second-order valence-electron chi connectivity index (χ2n) is 4.22. The molecule has 0 saturated heterocycles. The maximum atomic E-state index is 6.24. The first kappa shape index (κ1) is 15.8. The zero-order valence-corrected chi connectivity index (χ0v) is 12.5. The molecule has 4 heteroatoms. The van der Waals surface area contributed by atoms with E-state index in [0.717, 1.165) is 31.6 Å². The molecule has 0 aliphatic carbocycles. The molecule has 1 N–H and O–H groups in total. The third-order valence-corrected chi connectivity index (χ3v) is 3.28. The van der Waals surface area contributed by atoms with Gasteiger partial charge in [0.1, 0.15) is 0 Å². The van der Waals surface area contributed by atoms with Crippen molar-refractivity contribution < 1.29 is 4.74 Å². The van der Waals surface area contributed by atoms with Gasteiger partial charge in [0.15, 0.2) is 0 Å². The van der Waals surface area contributed by atoms with Crippen molar-refractivity contribution in [1.29, 1.82) is 0 Å². The Balaban J connectivity index is 2.79. The van der Waals surface area contributed by atoms with Crippen LogP contribution >= 0.6 is 23.2 Å². The summed E-state index contributed by atoms with van der Waals surface area (Å²) in [6.45, 7) is 6.49. The summed E-state index contributed by atoms with van der Waals surface area (Å²) in [6, 6.07) is 5.64. The van der Waals surface area contributed by atoms with E-state index >= 15 is 0 Å².